The molecular weight excluding hydrogens is 409 g/mol. The molecule has 0 radical (unpaired) electrons. The van der Waals surface area contributed by atoms with Crippen molar-refractivity contribution in [3.8, 4) is 11.4 Å². The van der Waals surface area contributed by atoms with Gasteiger partial charge < -0.3 is 18.6 Å². The number of hydrogen-bond donors (Lipinski definition) is 0. The van der Waals surface area contributed by atoms with Crippen LogP contribution < -0.4 is 10.5 Å². The van der Waals surface area contributed by atoms with E-state index in [-0.39, 0.29) is 23.3 Å². The van der Waals surface area contributed by atoms with Crippen molar-refractivity contribution in [2.24, 2.45) is 0 Å². The molecule has 2 aromatic rings. The predicted molar refractivity (Wildman–Crippen MR) is 108 cm³/mol. The number of methoxy groups -OCH3 is 1. The highest BCUT2D eigenvalue weighted by Gasteiger charge is 2.29. The standard InChI is InChI=1S/C19H25ClFNO5S/c1-6-28-17-16(19(2,3)4)27-18(23)22(17)14-10-15(12(20)9-13(14)21)26-11-25-8-7-24-5/h9-10H,6-8,11H2,1-5H3. The Morgan fingerprint density at radius 2 is 2.00 bits per heavy atom. The summed E-state index contributed by atoms with van der Waals surface area (Å²) in [4.78, 5) is 12.6. The highest BCUT2D eigenvalue weighted by molar-refractivity contribution is 7.99. The van der Waals surface area contributed by atoms with Gasteiger partial charge in [-0.3, -0.25) is 0 Å². The normalized spacial score (nSPS) is 11.8. The number of thioether (sulfide) groups is 1. The lowest BCUT2D eigenvalue weighted by Crippen LogP contribution is -2.16. The van der Waals surface area contributed by atoms with Gasteiger partial charge >= 0.3 is 5.76 Å². The largest absolute Gasteiger partial charge is 0.466 e. The molecule has 1 aromatic heterocycles. The summed E-state index contributed by atoms with van der Waals surface area (Å²) in [5.74, 6) is 0.0780. The van der Waals surface area contributed by atoms with Crippen LogP contribution >= 0.6 is 23.4 Å². The van der Waals surface area contributed by atoms with E-state index in [0.29, 0.717) is 29.8 Å². The van der Waals surface area contributed by atoms with Gasteiger partial charge in [-0.1, -0.05) is 39.3 Å². The Morgan fingerprint density at radius 3 is 2.61 bits per heavy atom. The van der Waals surface area contributed by atoms with Gasteiger partial charge in [0.05, 0.1) is 23.9 Å². The molecule has 28 heavy (non-hydrogen) atoms. The summed E-state index contributed by atoms with van der Waals surface area (Å²) in [6.45, 7) is 8.42. The highest BCUT2D eigenvalue weighted by Crippen LogP contribution is 2.36. The topological polar surface area (TPSA) is 62.8 Å². The van der Waals surface area contributed by atoms with E-state index < -0.39 is 17.0 Å². The van der Waals surface area contributed by atoms with Crippen LogP contribution in [0.25, 0.3) is 5.69 Å². The molecule has 0 spiro atoms. The van der Waals surface area contributed by atoms with Gasteiger partial charge in [-0.25, -0.2) is 13.8 Å². The number of rotatable bonds is 9. The van der Waals surface area contributed by atoms with E-state index in [1.54, 1.807) is 7.11 Å². The number of aromatic nitrogens is 1. The van der Waals surface area contributed by atoms with Gasteiger partial charge in [0.1, 0.15) is 22.4 Å². The summed E-state index contributed by atoms with van der Waals surface area (Å²) < 4.78 is 37.0. The molecule has 0 aliphatic rings. The maximum atomic E-state index is 14.7. The minimum absolute atomic E-state index is 0.0106. The molecule has 0 N–H and O–H groups in total. The Bertz CT molecular complexity index is 859. The van der Waals surface area contributed by atoms with Crippen LogP contribution in [0.15, 0.2) is 26.4 Å². The van der Waals surface area contributed by atoms with Crippen molar-refractivity contribution in [3.63, 3.8) is 0 Å². The Balaban J connectivity index is 2.46. The van der Waals surface area contributed by atoms with E-state index >= 15 is 0 Å². The molecular formula is C19H25ClFNO5S. The monoisotopic (exact) mass is 433 g/mol. The fourth-order valence-corrected chi connectivity index (χ4v) is 3.68. The Morgan fingerprint density at radius 1 is 1.29 bits per heavy atom. The molecule has 0 saturated heterocycles. The number of hydrogen-bond acceptors (Lipinski definition) is 6. The van der Waals surface area contributed by atoms with Gasteiger partial charge in [-0.15, -0.1) is 11.8 Å². The van der Waals surface area contributed by atoms with E-state index in [2.05, 4.69) is 0 Å². The maximum Gasteiger partial charge on any atom is 0.424 e. The molecule has 1 aromatic carbocycles. The molecule has 0 bridgehead atoms. The first-order chi connectivity index (χ1) is 13.2. The highest BCUT2D eigenvalue weighted by atomic mass is 35.5. The van der Waals surface area contributed by atoms with Crippen molar-refractivity contribution in [1.82, 2.24) is 4.57 Å². The lowest BCUT2D eigenvalue weighted by molar-refractivity contribution is -0.00845. The summed E-state index contributed by atoms with van der Waals surface area (Å²) in [5.41, 5.74) is -0.407. The Kier molecular flexibility index (Phi) is 8.00. The molecule has 0 atom stereocenters. The van der Waals surface area contributed by atoms with Crippen LogP contribution in [-0.4, -0.2) is 37.4 Å². The molecule has 0 aliphatic carbocycles. The summed E-state index contributed by atoms with van der Waals surface area (Å²) >= 11 is 7.49. The molecule has 9 heteroatoms. The average Bonchev–Trinajstić information content (AvgIpc) is 2.93. The molecule has 0 saturated carbocycles. The number of benzene rings is 1. The van der Waals surface area contributed by atoms with Crippen molar-refractivity contribution in [2.45, 2.75) is 38.1 Å². The molecule has 156 valence electrons. The second-order valence-electron chi connectivity index (χ2n) is 6.92. The molecule has 6 nitrogen and oxygen atoms in total. The number of nitrogens with zero attached hydrogens (tertiary/aromatic N) is 1. The fourth-order valence-electron chi connectivity index (χ4n) is 2.42. The quantitative estimate of drug-likeness (QED) is 0.326. The minimum atomic E-state index is -0.663. The first-order valence-electron chi connectivity index (χ1n) is 8.78. The lowest BCUT2D eigenvalue weighted by Gasteiger charge is -2.17. The van der Waals surface area contributed by atoms with Crippen LogP contribution in [0.5, 0.6) is 5.75 Å². The molecule has 2 rings (SSSR count). The predicted octanol–water partition coefficient (Wildman–Crippen LogP) is 4.63. The molecule has 0 fully saturated rings. The number of oxazole rings is 1. The van der Waals surface area contributed by atoms with E-state index in [1.165, 1.54) is 22.4 Å². The first-order valence-corrected chi connectivity index (χ1v) is 10.1. The summed E-state index contributed by atoms with van der Waals surface area (Å²) in [6, 6.07) is 2.48. The van der Waals surface area contributed by atoms with Crippen LogP contribution in [0.2, 0.25) is 5.02 Å². The zero-order valence-electron chi connectivity index (χ0n) is 16.6. The van der Waals surface area contributed by atoms with Crippen LogP contribution in [0, 0.1) is 5.82 Å². The van der Waals surface area contributed by atoms with Crippen molar-refractivity contribution < 1.29 is 23.0 Å². The van der Waals surface area contributed by atoms with Crippen molar-refractivity contribution in [1.29, 1.82) is 0 Å². The molecule has 0 aliphatic heterocycles. The summed E-state index contributed by atoms with van der Waals surface area (Å²) in [7, 11) is 1.56. The van der Waals surface area contributed by atoms with Crippen molar-refractivity contribution in [2.75, 3.05) is 32.9 Å². The van der Waals surface area contributed by atoms with Crippen LogP contribution in [0.3, 0.4) is 0 Å². The molecule has 0 amide bonds. The van der Waals surface area contributed by atoms with Crippen LogP contribution in [-0.2, 0) is 14.9 Å². The van der Waals surface area contributed by atoms with E-state index in [1.807, 2.05) is 27.7 Å². The fraction of sp³-hybridized carbons (Fsp3) is 0.526. The van der Waals surface area contributed by atoms with E-state index in [0.717, 1.165) is 6.07 Å². The third-order valence-corrected chi connectivity index (χ3v) is 4.93. The Labute approximate surface area is 172 Å². The van der Waals surface area contributed by atoms with Crippen molar-refractivity contribution in [3.05, 3.63) is 39.3 Å². The van der Waals surface area contributed by atoms with Gasteiger partial charge in [-0.2, -0.15) is 0 Å². The van der Waals surface area contributed by atoms with Gasteiger partial charge in [0, 0.05) is 18.6 Å². The van der Waals surface area contributed by atoms with E-state index in [9.17, 15) is 9.18 Å². The second-order valence-corrected chi connectivity index (χ2v) is 8.58. The van der Waals surface area contributed by atoms with Crippen LogP contribution in [0.4, 0.5) is 4.39 Å². The van der Waals surface area contributed by atoms with E-state index in [4.69, 9.17) is 30.2 Å². The summed E-state index contributed by atoms with van der Waals surface area (Å²) in [5, 5.41) is 0.636. The molecule has 1 heterocycles. The first kappa shape index (κ1) is 22.8. The minimum Gasteiger partial charge on any atom is -0.466 e. The average molecular weight is 434 g/mol. The SMILES string of the molecule is CCSc1c(C(C)(C)C)oc(=O)n1-c1cc(OCOCCOC)c(Cl)cc1F. The smallest absolute Gasteiger partial charge is 0.424 e. The summed E-state index contributed by atoms with van der Waals surface area (Å²) in [6.07, 6.45) is 0. The zero-order chi connectivity index (χ0) is 20.9. The molecule has 0 unspecified atom stereocenters. The second kappa shape index (κ2) is 9.82. The van der Waals surface area contributed by atoms with Gasteiger partial charge in [-0.05, 0) is 11.8 Å². The lowest BCUT2D eigenvalue weighted by atomic mass is 9.94. The Hall–Kier alpha value is -1.48. The number of halogens is 2. The maximum absolute atomic E-state index is 14.7. The van der Waals surface area contributed by atoms with Crippen LogP contribution in [0.1, 0.15) is 33.5 Å². The third-order valence-electron chi connectivity index (χ3n) is 3.70. The van der Waals surface area contributed by atoms with Gasteiger partial charge in [0.15, 0.2) is 6.79 Å². The number of ether oxygens (including phenoxy) is 3. The van der Waals surface area contributed by atoms with Gasteiger partial charge in [0.25, 0.3) is 0 Å². The van der Waals surface area contributed by atoms with Crippen molar-refractivity contribution >= 4 is 23.4 Å². The third kappa shape index (κ3) is 5.31. The van der Waals surface area contributed by atoms with Gasteiger partial charge in [0.2, 0.25) is 0 Å². The zero-order valence-corrected chi connectivity index (χ0v) is 18.2.